The summed E-state index contributed by atoms with van der Waals surface area (Å²) < 4.78 is 22.8. The SMILES string of the molecule is CN(C(=O)CCC1CCC[N]C1)C1CCS(=O)(=O)C1. The van der Waals surface area contributed by atoms with Crippen molar-refractivity contribution in [3.05, 3.63) is 0 Å². The topological polar surface area (TPSA) is 68.6 Å². The second-order valence-corrected chi connectivity index (χ2v) is 7.97. The summed E-state index contributed by atoms with van der Waals surface area (Å²) in [7, 11) is -1.18. The third-order valence-electron chi connectivity index (χ3n) is 4.23. The molecule has 2 aliphatic rings. The van der Waals surface area contributed by atoms with Gasteiger partial charge in [-0.15, -0.1) is 0 Å². The second kappa shape index (κ2) is 6.22. The number of hydrogen-bond donors (Lipinski definition) is 0. The lowest BCUT2D eigenvalue weighted by Crippen LogP contribution is -2.38. The van der Waals surface area contributed by atoms with E-state index in [1.165, 1.54) is 0 Å². The zero-order valence-corrected chi connectivity index (χ0v) is 12.4. The second-order valence-electron chi connectivity index (χ2n) is 5.74. The van der Waals surface area contributed by atoms with Crippen LogP contribution in [-0.4, -0.2) is 56.9 Å². The number of amides is 1. The van der Waals surface area contributed by atoms with Crippen LogP contribution in [0.4, 0.5) is 0 Å². The molecule has 0 aliphatic carbocycles. The molecule has 2 saturated heterocycles. The van der Waals surface area contributed by atoms with Crippen molar-refractivity contribution in [2.45, 2.75) is 38.1 Å². The molecule has 2 rings (SSSR count). The lowest BCUT2D eigenvalue weighted by atomic mass is 9.94. The van der Waals surface area contributed by atoms with Crippen LogP contribution in [0.2, 0.25) is 0 Å². The van der Waals surface area contributed by atoms with Crippen molar-refractivity contribution >= 4 is 15.7 Å². The molecular weight excluding hydrogens is 264 g/mol. The lowest BCUT2D eigenvalue weighted by molar-refractivity contribution is -0.131. The highest BCUT2D eigenvalue weighted by molar-refractivity contribution is 7.91. The molecular formula is C13H23N2O3S. The van der Waals surface area contributed by atoms with E-state index < -0.39 is 9.84 Å². The van der Waals surface area contributed by atoms with Gasteiger partial charge in [0, 0.05) is 32.6 Å². The number of hydrogen-bond acceptors (Lipinski definition) is 3. The summed E-state index contributed by atoms with van der Waals surface area (Å²) in [4.78, 5) is 13.7. The molecule has 2 atom stereocenters. The zero-order valence-electron chi connectivity index (χ0n) is 11.5. The van der Waals surface area contributed by atoms with Crippen LogP contribution in [0.5, 0.6) is 0 Å². The Balaban J connectivity index is 1.76. The molecule has 0 saturated carbocycles. The molecule has 0 aromatic carbocycles. The van der Waals surface area contributed by atoms with Gasteiger partial charge in [-0.3, -0.25) is 4.79 Å². The van der Waals surface area contributed by atoms with Crippen LogP contribution >= 0.6 is 0 Å². The molecule has 6 heteroatoms. The Labute approximate surface area is 115 Å². The molecule has 2 unspecified atom stereocenters. The Bertz CT molecular complexity index is 416. The van der Waals surface area contributed by atoms with E-state index >= 15 is 0 Å². The van der Waals surface area contributed by atoms with Gasteiger partial charge < -0.3 is 4.90 Å². The summed E-state index contributed by atoms with van der Waals surface area (Å²) in [6, 6.07) is -0.117. The van der Waals surface area contributed by atoms with Gasteiger partial charge in [-0.05, 0) is 31.6 Å². The van der Waals surface area contributed by atoms with Crippen molar-refractivity contribution < 1.29 is 13.2 Å². The van der Waals surface area contributed by atoms with Gasteiger partial charge in [-0.1, -0.05) is 0 Å². The standard InChI is InChI=1S/C13H23N2O3S/c1-15(12-6-8-19(17,18)10-12)13(16)5-4-11-3-2-7-14-9-11/h11-12H,2-10H2,1H3. The fourth-order valence-corrected chi connectivity index (χ4v) is 4.66. The minimum Gasteiger partial charge on any atom is -0.342 e. The van der Waals surface area contributed by atoms with Gasteiger partial charge in [0.2, 0.25) is 5.91 Å². The van der Waals surface area contributed by atoms with Gasteiger partial charge in [0.15, 0.2) is 9.84 Å². The molecule has 109 valence electrons. The number of nitrogens with zero attached hydrogens (tertiary/aromatic N) is 2. The smallest absolute Gasteiger partial charge is 0.222 e. The molecule has 2 aliphatic heterocycles. The summed E-state index contributed by atoms with van der Waals surface area (Å²) in [5.41, 5.74) is 0. The van der Waals surface area contributed by atoms with E-state index in [0.717, 1.165) is 32.4 Å². The molecule has 1 amide bonds. The third kappa shape index (κ3) is 4.18. The molecule has 5 nitrogen and oxygen atoms in total. The van der Waals surface area contributed by atoms with Crippen molar-refractivity contribution in [2.24, 2.45) is 5.92 Å². The van der Waals surface area contributed by atoms with Crippen molar-refractivity contribution in [3.8, 4) is 0 Å². The number of carbonyl (C=O) groups is 1. The lowest BCUT2D eigenvalue weighted by Gasteiger charge is -2.25. The molecule has 0 bridgehead atoms. The molecule has 2 fully saturated rings. The predicted molar refractivity (Wildman–Crippen MR) is 73.7 cm³/mol. The maximum absolute atomic E-state index is 12.1. The first-order chi connectivity index (χ1) is 8.98. The summed E-state index contributed by atoms with van der Waals surface area (Å²) in [6.45, 7) is 1.85. The fourth-order valence-electron chi connectivity index (χ4n) is 2.88. The molecule has 0 aromatic rings. The number of sulfone groups is 1. The van der Waals surface area contributed by atoms with Gasteiger partial charge in [0.25, 0.3) is 0 Å². The number of rotatable bonds is 4. The highest BCUT2D eigenvalue weighted by atomic mass is 32.2. The molecule has 1 radical (unpaired) electrons. The highest BCUT2D eigenvalue weighted by Gasteiger charge is 2.32. The number of carbonyl (C=O) groups excluding carboxylic acids is 1. The van der Waals surface area contributed by atoms with E-state index in [-0.39, 0.29) is 23.5 Å². The van der Waals surface area contributed by atoms with Gasteiger partial charge in [-0.2, -0.15) is 0 Å². The third-order valence-corrected chi connectivity index (χ3v) is 5.98. The maximum atomic E-state index is 12.1. The Hall–Kier alpha value is -0.620. The van der Waals surface area contributed by atoms with Crippen LogP contribution in [0, 0.1) is 5.92 Å². The van der Waals surface area contributed by atoms with E-state index in [9.17, 15) is 13.2 Å². The Morgan fingerprint density at radius 2 is 2.16 bits per heavy atom. The zero-order chi connectivity index (χ0) is 13.9. The first-order valence-electron chi connectivity index (χ1n) is 7.07. The van der Waals surface area contributed by atoms with Gasteiger partial charge in [0.1, 0.15) is 0 Å². The summed E-state index contributed by atoms with van der Waals surface area (Å²) in [5, 5.41) is 4.37. The van der Waals surface area contributed by atoms with Crippen LogP contribution in [0.25, 0.3) is 0 Å². The van der Waals surface area contributed by atoms with Crippen molar-refractivity contribution in [2.75, 3.05) is 31.6 Å². The first kappa shape index (κ1) is 14.8. The molecule has 19 heavy (non-hydrogen) atoms. The largest absolute Gasteiger partial charge is 0.342 e. The Morgan fingerprint density at radius 1 is 1.37 bits per heavy atom. The molecule has 0 spiro atoms. The summed E-state index contributed by atoms with van der Waals surface area (Å²) in [6.07, 6.45) is 4.29. The van der Waals surface area contributed by atoms with Crippen molar-refractivity contribution in [1.29, 1.82) is 0 Å². The number of piperidine rings is 1. The average Bonchev–Trinajstić information content (AvgIpc) is 2.76. The molecule has 0 aromatic heterocycles. The molecule has 0 N–H and O–H groups in total. The minimum absolute atomic E-state index is 0.0765. The van der Waals surface area contributed by atoms with Crippen LogP contribution in [0.1, 0.15) is 32.1 Å². The van der Waals surface area contributed by atoms with Crippen LogP contribution in [0.3, 0.4) is 0 Å². The minimum atomic E-state index is -2.92. The molecule has 2 heterocycles. The van der Waals surface area contributed by atoms with Crippen LogP contribution in [-0.2, 0) is 14.6 Å². The van der Waals surface area contributed by atoms with E-state index in [1.54, 1.807) is 11.9 Å². The fraction of sp³-hybridized carbons (Fsp3) is 0.923. The average molecular weight is 287 g/mol. The Kier molecular flexibility index (Phi) is 4.84. The predicted octanol–water partition coefficient (Wildman–Crippen LogP) is 0.427. The van der Waals surface area contributed by atoms with Gasteiger partial charge in [0.05, 0.1) is 11.5 Å². The normalized spacial score (nSPS) is 30.2. The first-order valence-corrected chi connectivity index (χ1v) is 8.89. The maximum Gasteiger partial charge on any atom is 0.222 e. The highest BCUT2D eigenvalue weighted by Crippen LogP contribution is 2.20. The quantitative estimate of drug-likeness (QED) is 0.753. The Morgan fingerprint density at radius 3 is 2.74 bits per heavy atom. The van der Waals surface area contributed by atoms with Crippen LogP contribution in [0.15, 0.2) is 0 Å². The van der Waals surface area contributed by atoms with Crippen molar-refractivity contribution in [3.63, 3.8) is 0 Å². The van der Waals surface area contributed by atoms with Gasteiger partial charge in [-0.25, -0.2) is 13.7 Å². The van der Waals surface area contributed by atoms with Crippen molar-refractivity contribution in [1.82, 2.24) is 10.2 Å². The van der Waals surface area contributed by atoms with E-state index in [2.05, 4.69) is 5.32 Å². The van der Waals surface area contributed by atoms with E-state index in [0.29, 0.717) is 18.8 Å². The van der Waals surface area contributed by atoms with Crippen LogP contribution < -0.4 is 5.32 Å². The summed E-state index contributed by atoms with van der Waals surface area (Å²) in [5.74, 6) is 0.969. The summed E-state index contributed by atoms with van der Waals surface area (Å²) >= 11 is 0. The monoisotopic (exact) mass is 287 g/mol. The van der Waals surface area contributed by atoms with E-state index in [1.807, 2.05) is 0 Å². The van der Waals surface area contributed by atoms with Gasteiger partial charge >= 0.3 is 0 Å². The van der Waals surface area contributed by atoms with E-state index in [4.69, 9.17) is 0 Å².